The first-order chi connectivity index (χ1) is 15.3. The minimum Gasteiger partial charge on any atom is -0.337 e. The van der Waals surface area contributed by atoms with Crippen LogP contribution in [0.4, 0.5) is 0 Å². The van der Waals surface area contributed by atoms with Crippen molar-refractivity contribution in [2.24, 2.45) is 5.92 Å². The number of hydrogen-bond acceptors (Lipinski definition) is 5. The van der Waals surface area contributed by atoms with E-state index in [1.807, 2.05) is 62.9 Å². The first-order valence-electron chi connectivity index (χ1n) is 11.3. The van der Waals surface area contributed by atoms with E-state index in [0.29, 0.717) is 11.1 Å². The Kier molecular flexibility index (Phi) is 6.77. The lowest BCUT2D eigenvalue weighted by Gasteiger charge is -2.30. The quantitative estimate of drug-likeness (QED) is 0.363. The Morgan fingerprint density at radius 2 is 1.91 bits per heavy atom. The van der Waals surface area contributed by atoms with Crippen LogP contribution in [0.1, 0.15) is 51.5 Å². The highest BCUT2D eigenvalue weighted by atomic mass is 32.2. The minimum absolute atomic E-state index is 0.0206. The van der Waals surface area contributed by atoms with Crippen LogP contribution in [0.5, 0.6) is 0 Å². The molecule has 0 N–H and O–H groups in total. The Morgan fingerprint density at radius 3 is 2.56 bits per heavy atom. The number of carbonyl (C=O) groups excluding carboxylic acids is 1. The fraction of sp³-hybridized carbons (Fsp3) is 0.480. The summed E-state index contributed by atoms with van der Waals surface area (Å²) in [7, 11) is 0. The molecule has 0 spiro atoms. The molecule has 1 unspecified atom stereocenters. The molecule has 0 saturated carbocycles. The van der Waals surface area contributed by atoms with Crippen molar-refractivity contribution < 1.29 is 4.79 Å². The Balaban J connectivity index is 1.79. The second kappa shape index (κ2) is 9.40. The number of amides is 1. The van der Waals surface area contributed by atoms with Gasteiger partial charge < -0.3 is 4.90 Å². The zero-order valence-corrected chi connectivity index (χ0v) is 21.1. The lowest BCUT2D eigenvalue weighted by Crippen LogP contribution is -2.43. The third kappa shape index (κ3) is 4.37. The first kappa shape index (κ1) is 23.1. The van der Waals surface area contributed by atoms with Gasteiger partial charge in [-0.3, -0.25) is 14.2 Å². The summed E-state index contributed by atoms with van der Waals surface area (Å²) in [5.74, 6) is 0.952. The molecule has 1 atom stereocenters. The molecule has 1 amide bonds. The van der Waals surface area contributed by atoms with E-state index in [0.717, 1.165) is 35.2 Å². The van der Waals surface area contributed by atoms with Crippen LogP contribution in [-0.4, -0.2) is 38.2 Å². The molecule has 5 nitrogen and oxygen atoms in total. The van der Waals surface area contributed by atoms with Crippen molar-refractivity contribution in [2.75, 3.05) is 5.75 Å². The van der Waals surface area contributed by atoms with Crippen molar-refractivity contribution in [2.45, 2.75) is 71.1 Å². The van der Waals surface area contributed by atoms with E-state index >= 15 is 0 Å². The maximum Gasteiger partial charge on any atom is 0.267 e. The molecule has 0 fully saturated rings. The van der Waals surface area contributed by atoms with E-state index in [-0.39, 0.29) is 29.3 Å². The molecule has 1 aromatic carbocycles. The van der Waals surface area contributed by atoms with Crippen LogP contribution >= 0.6 is 23.1 Å². The number of fused-ring (bicyclic) bond motifs is 3. The number of rotatable bonds is 6. The number of thiophene rings is 1. The summed E-state index contributed by atoms with van der Waals surface area (Å²) < 4.78 is 1.69. The number of nitrogens with zero attached hydrogens (tertiary/aromatic N) is 3. The number of carbonyl (C=O) groups is 1. The zero-order valence-electron chi connectivity index (χ0n) is 19.4. The fourth-order valence-electron chi connectivity index (χ4n) is 4.65. The number of hydrogen-bond donors (Lipinski definition) is 0. The number of thioether (sulfide) groups is 1. The average Bonchev–Trinajstić information content (AvgIpc) is 3.09. The molecule has 1 aliphatic rings. The Labute approximate surface area is 197 Å². The van der Waals surface area contributed by atoms with Gasteiger partial charge in [-0.05, 0) is 70.6 Å². The third-order valence-corrected chi connectivity index (χ3v) is 8.11. The highest BCUT2D eigenvalue weighted by Crippen LogP contribution is 2.37. The van der Waals surface area contributed by atoms with Crippen LogP contribution < -0.4 is 5.56 Å². The third-order valence-electron chi connectivity index (χ3n) is 6.04. The monoisotopic (exact) mass is 469 g/mol. The molecule has 7 heteroatoms. The smallest absolute Gasteiger partial charge is 0.267 e. The molecule has 0 saturated heterocycles. The van der Waals surface area contributed by atoms with Gasteiger partial charge in [0.25, 0.3) is 5.56 Å². The summed E-state index contributed by atoms with van der Waals surface area (Å²) in [5.41, 5.74) is 1.95. The van der Waals surface area contributed by atoms with Crippen molar-refractivity contribution in [3.8, 4) is 5.69 Å². The molecule has 3 aromatic rings. The summed E-state index contributed by atoms with van der Waals surface area (Å²) >= 11 is 3.01. The van der Waals surface area contributed by atoms with Crippen LogP contribution in [0.15, 0.2) is 40.3 Å². The predicted octanol–water partition coefficient (Wildman–Crippen LogP) is 5.31. The molecule has 1 aliphatic carbocycles. The molecule has 2 aromatic heterocycles. The van der Waals surface area contributed by atoms with Crippen molar-refractivity contribution in [1.29, 1.82) is 0 Å². The Morgan fingerprint density at radius 1 is 1.22 bits per heavy atom. The van der Waals surface area contributed by atoms with Crippen LogP contribution in [0.25, 0.3) is 15.9 Å². The van der Waals surface area contributed by atoms with E-state index < -0.39 is 0 Å². The van der Waals surface area contributed by atoms with Gasteiger partial charge >= 0.3 is 0 Å². The first-order valence-corrected chi connectivity index (χ1v) is 13.1. The molecule has 170 valence electrons. The molecule has 0 bridgehead atoms. The van der Waals surface area contributed by atoms with E-state index in [1.165, 1.54) is 22.2 Å². The largest absolute Gasteiger partial charge is 0.337 e. The lowest BCUT2D eigenvalue weighted by molar-refractivity contribution is -0.131. The molecular formula is C25H31N3O2S2. The van der Waals surface area contributed by atoms with Crippen LogP contribution in [0.2, 0.25) is 0 Å². The van der Waals surface area contributed by atoms with Gasteiger partial charge in [0.15, 0.2) is 5.16 Å². The van der Waals surface area contributed by atoms with Gasteiger partial charge in [0.05, 0.1) is 16.8 Å². The van der Waals surface area contributed by atoms with E-state index in [9.17, 15) is 9.59 Å². The summed E-state index contributed by atoms with van der Waals surface area (Å²) in [6.45, 7) is 10.4. The standard InChI is InChI=1S/C25H31N3O2S2/c1-15(2)27(16(3)4)21(29)14-31-25-26-23-22(19-12-11-17(5)13-20(19)32-23)24(30)28(25)18-9-7-6-8-10-18/h6-10,15-17H,11-14H2,1-5H3. The summed E-state index contributed by atoms with van der Waals surface area (Å²) in [4.78, 5) is 35.7. The van der Waals surface area contributed by atoms with Crippen LogP contribution in [0, 0.1) is 5.92 Å². The predicted molar refractivity (Wildman–Crippen MR) is 134 cm³/mol. The van der Waals surface area contributed by atoms with Gasteiger partial charge in [0.1, 0.15) is 4.83 Å². The van der Waals surface area contributed by atoms with Crippen LogP contribution in [0.3, 0.4) is 0 Å². The number of aryl methyl sites for hydroxylation is 1. The molecular weight excluding hydrogens is 438 g/mol. The minimum atomic E-state index is -0.0206. The summed E-state index contributed by atoms with van der Waals surface area (Å²) in [5, 5.41) is 1.35. The number of para-hydroxylation sites is 1. The second-order valence-electron chi connectivity index (χ2n) is 9.18. The van der Waals surface area contributed by atoms with Gasteiger partial charge in [0.2, 0.25) is 5.91 Å². The van der Waals surface area contributed by atoms with Gasteiger partial charge in [0, 0.05) is 17.0 Å². The molecule has 4 rings (SSSR count). The SMILES string of the molecule is CC1CCc2c(sc3nc(SCC(=O)N(C(C)C)C(C)C)n(-c4ccccc4)c(=O)c23)C1. The Bertz CT molecular complexity index is 1170. The average molecular weight is 470 g/mol. The summed E-state index contributed by atoms with van der Waals surface area (Å²) in [6.07, 6.45) is 3.06. The second-order valence-corrected chi connectivity index (χ2v) is 11.2. The van der Waals surface area contributed by atoms with E-state index in [2.05, 4.69) is 6.92 Å². The topological polar surface area (TPSA) is 55.2 Å². The number of aromatic nitrogens is 2. The van der Waals surface area contributed by atoms with Crippen molar-refractivity contribution in [3.05, 3.63) is 51.1 Å². The zero-order chi connectivity index (χ0) is 23.0. The van der Waals surface area contributed by atoms with Gasteiger partial charge in [-0.15, -0.1) is 11.3 Å². The normalized spacial score (nSPS) is 16.0. The maximum atomic E-state index is 13.8. The van der Waals surface area contributed by atoms with E-state index in [4.69, 9.17) is 4.98 Å². The van der Waals surface area contributed by atoms with Crippen LogP contribution in [-0.2, 0) is 17.6 Å². The van der Waals surface area contributed by atoms with Crippen molar-refractivity contribution >= 4 is 39.2 Å². The number of benzene rings is 1. The fourth-order valence-corrected chi connectivity index (χ4v) is 6.95. The van der Waals surface area contributed by atoms with Crippen molar-refractivity contribution in [1.82, 2.24) is 14.5 Å². The van der Waals surface area contributed by atoms with Crippen molar-refractivity contribution in [3.63, 3.8) is 0 Å². The highest BCUT2D eigenvalue weighted by molar-refractivity contribution is 7.99. The maximum absolute atomic E-state index is 13.8. The molecule has 32 heavy (non-hydrogen) atoms. The molecule has 0 radical (unpaired) electrons. The molecule has 2 heterocycles. The molecule has 0 aliphatic heterocycles. The van der Waals surface area contributed by atoms with Gasteiger partial charge in [-0.1, -0.05) is 36.9 Å². The Hall–Kier alpha value is -2.12. The lowest BCUT2D eigenvalue weighted by atomic mass is 9.89. The van der Waals surface area contributed by atoms with E-state index in [1.54, 1.807) is 15.9 Å². The van der Waals surface area contributed by atoms with Gasteiger partial charge in [-0.25, -0.2) is 4.98 Å². The van der Waals surface area contributed by atoms with Gasteiger partial charge in [-0.2, -0.15) is 0 Å². The highest BCUT2D eigenvalue weighted by Gasteiger charge is 2.26. The summed E-state index contributed by atoms with van der Waals surface area (Å²) in [6, 6.07) is 9.90.